The van der Waals surface area contributed by atoms with Gasteiger partial charge >= 0.3 is 0 Å². The van der Waals surface area contributed by atoms with Gasteiger partial charge in [-0.05, 0) is 45.4 Å². The number of rotatable bonds is 3. The molecule has 4 heteroatoms. The molecule has 0 aliphatic carbocycles. The van der Waals surface area contributed by atoms with Crippen LogP contribution in [0.5, 0.6) is 0 Å². The Hall–Kier alpha value is -1.55. The predicted molar refractivity (Wildman–Crippen MR) is 69.9 cm³/mol. The Morgan fingerprint density at radius 2 is 2.06 bits per heavy atom. The number of amides is 1. The molecular weight excluding hydrogens is 216 g/mol. The van der Waals surface area contributed by atoms with Gasteiger partial charge in [0, 0.05) is 11.4 Å². The van der Waals surface area contributed by atoms with Crippen molar-refractivity contribution in [3.05, 3.63) is 23.8 Å². The van der Waals surface area contributed by atoms with Gasteiger partial charge in [-0.2, -0.15) is 0 Å². The van der Waals surface area contributed by atoms with Crippen LogP contribution in [0.4, 0.5) is 11.4 Å². The molecule has 4 nitrogen and oxygen atoms in total. The van der Waals surface area contributed by atoms with Crippen LogP contribution < -0.4 is 11.1 Å². The highest BCUT2D eigenvalue weighted by molar-refractivity contribution is 5.92. The highest BCUT2D eigenvalue weighted by Crippen LogP contribution is 2.17. The Bertz CT molecular complexity index is 408. The molecular formula is C13H20N2O2. The maximum absolute atomic E-state index is 11.6. The van der Waals surface area contributed by atoms with Crippen LogP contribution >= 0.6 is 0 Å². The Kier molecular flexibility index (Phi) is 4.12. The Labute approximate surface area is 102 Å². The first-order valence-corrected chi connectivity index (χ1v) is 5.58. The Balaban J connectivity index is 2.54. The van der Waals surface area contributed by atoms with Crippen molar-refractivity contribution in [1.29, 1.82) is 0 Å². The van der Waals surface area contributed by atoms with Gasteiger partial charge in [0.1, 0.15) is 6.61 Å². The van der Waals surface area contributed by atoms with Crippen molar-refractivity contribution in [2.24, 2.45) is 0 Å². The fraction of sp³-hybridized carbons (Fsp3) is 0.462. The van der Waals surface area contributed by atoms with Gasteiger partial charge in [-0.1, -0.05) is 6.07 Å². The minimum absolute atomic E-state index is 0.0390. The van der Waals surface area contributed by atoms with Gasteiger partial charge in [-0.3, -0.25) is 4.79 Å². The van der Waals surface area contributed by atoms with Gasteiger partial charge in [0.15, 0.2) is 0 Å². The van der Waals surface area contributed by atoms with Crippen molar-refractivity contribution in [3.8, 4) is 0 Å². The number of nitrogen functional groups attached to an aromatic ring is 1. The number of benzene rings is 1. The quantitative estimate of drug-likeness (QED) is 0.792. The lowest BCUT2D eigenvalue weighted by Gasteiger charge is -2.19. The molecule has 0 bridgehead atoms. The number of hydrogen-bond donors (Lipinski definition) is 2. The summed E-state index contributed by atoms with van der Waals surface area (Å²) in [5.74, 6) is -0.178. The normalized spacial score (nSPS) is 11.3. The first-order valence-electron chi connectivity index (χ1n) is 5.58. The maximum Gasteiger partial charge on any atom is 0.250 e. The highest BCUT2D eigenvalue weighted by Gasteiger charge is 2.13. The van der Waals surface area contributed by atoms with E-state index < -0.39 is 0 Å². The third kappa shape index (κ3) is 4.87. The molecule has 0 saturated carbocycles. The van der Waals surface area contributed by atoms with E-state index in [0.717, 1.165) is 5.56 Å². The number of nitrogens with one attached hydrogen (secondary N) is 1. The zero-order valence-electron chi connectivity index (χ0n) is 10.8. The van der Waals surface area contributed by atoms with Gasteiger partial charge in [0.05, 0.1) is 5.60 Å². The van der Waals surface area contributed by atoms with Gasteiger partial charge in [0.25, 0.3) is 0 Å². The zero-order valence-corrected chi connectivity index (χ0v) is 10.8. The van der Waals surface area contributed by atoms with Crippen molar-refractivity contribution in [2.75, 3.05) is 17.7 Å². The van der Waals surface area contributed by atoms with Gasteiger partial charge in [0.2, 0.25) is 5.91 Å². The molecule has 0 atom stereocenters. The SMILES string of the molecule is Cc1ccc(NC(=O)COC(C)(C)C)cc1N. The van der Waals surface area contributed by atoms with Crippen LogP contribution in [0.2, 0.25) is 0 Å². The smallest absolute Gasteiger partial charge is 0.250 e. The van der Waals surface area contributed by atoms with E-state index in [-0.39, 0.29) is 18.1 Å². The summed E-state index contributed by atoms with van der Waals surface area (Å²) in [6, 6.07) is 5.43. The molecule has 0 saturated heterocycles. The summed E-state index contributed by atoms with van der Waals surface area (Å²) in [6.07, 6.45) is 0. The molecule has 3 N–H and O–H groups in total. The molecule has 0 unspecified atom stereocenters. The van der Waals surface area contributed by atoms with Gasteiger partial charge in [-0.25, -0.2) is 0 Å². The molecule has 0 aliphatic heterocycles. The first-order chi connectivity index (χ1) is 7.78. The fourth-order valence-corrected chi connectivity index (χ4v) is 1.20. The molecule has 1 aromatic rings. The summed E-state index contributed by atoms with van der Waals surface area (Å²) >= 11 is 0. The van der Waals surface area contributed by atoms with E-state index in [0.29, 0.717) is 11.4 Å². The molecule has 0 heterocycles. The molecule has 1 amide bonds. The third-order valence-corrected chi connectivity index (χ3v) is 2.20. The summed E-state index contributed by atoms with van der Waals surface area (Å²) in [7, 11) is 0. The largest absolute Gasteiger partial charge is 0.398 e. The predicted octanol–water partition coefficient (Wildman–Crippen LogP) is 2.33. The Morgan fingerprint density at radius 1 is 1.41 bits per heavy atom. The highest BCUT2D eigenvalue weighted by atomic mass is 16.5. The molecule has 0 fully saturated rings. The van der Waals surface area contributed by atoms with Crippen LogP contribution in [0.1, 0.15) is 26.3 Å². The van der Waals surface area contributed by atoms with E-state index in [1.165, 1.54) is 0 Å². The summed E-state index contributed by atoms with van der Waals surface area (Å²) in [4.78, 5) is 11.6. The fourth-order valence-electron chi connectivity index (χ4n) is 1.20. The van der Waals surface area contributed by atoms with Crippen LogP contribution in [0.25, 0.3) is 0 Å². The van der Waals surface area contributed by atoms with E-state index in [1.54, 1.807) is 6.07 Å². The molecule has 17 heavy (non-hydrogen) atoms. The second-order valence-electron chi connectivity index (χ2n) is 5.02. The van der Waals surface area contributed by atoms with Gasteiger partial charge < -0.3 is 15.8 Å². The second-order valence-corrected chi connectivity index (χ2v) is 5.02. The molecule has 94 valence electrons. The van der Waals surface area contributed by atoms with Crippen LogP contribution in [-0.2, 0) is 9.53 Å². The average molecular weight is 236 g/mol. The van der Waals surface area contributed by atoms with Crippen molar-refractivity contribution in [1.82, 2.24) is 0 Å². The number of anilines is 2. The standard InChI is InChI=1S/C13H20N2O2/c1-9-5-6-10(7-11(9)14)15-12(16)8-17-13(2,3)4/h5-7H,8,14H2,1-4H3,(H,15,16). The molecule has 0 radical (unpaired) electrons. The van der Waals surface area contributed by atoms with E-state index in [1.807, 2.05) is 39.8 Å². The van der Waals surface area contributed by atoms with Crippen molar-refractivity contribution >= 4 is 17.3 Å². The lowest BCUT2D eigenvalue weighted by molar-refractivity contribution is -0.125. The van der Waals surface area contributed by atoms with Gasteiger partial charge in [-0.15, -0.1) is 0 Å². The van der Waals surface area contributed by atoms with Crippen LogP contribution in [0, 0.1) is 6.92 Å². The molecule has 0 spiro atoms. The van der Waals surface area contributed by atoms with Crippen LogP contribution in [0.15, 0.2) is 18.2 Å². The van der Waals surface area contributed by atoms with Crippen molar-refractivity contribution in [2.45, 2.75) is 33.3 Å². The van der Waals surface area contributed by atoms with E-state index >= 15 is 0 Å². The molecule has 1 aromatic carbocycles. The zero-order chi connectivity index (χ0) is 13.1. The Morgan fingerprint density at radius 3 is 2.59 bits per heavy atom. The molecule has 0 aromatic heterocycles. The first kappa shape index (κ1) is 13.5. The lowest BCUT2D eigenvalue weighted by Crippen LogP contribution is -2.27. The topological polar surface area (TPSA) is 64.3 Å². The summed E-state index contributed by atoms with van der Waals surface area (Å²) < 4.78 is 5.37. The van der Waals surface area contributed by atoms with Crippen molar-refractivity contribution in [3.63, 3.8) is 0 Å². The van der Waals surface area contributed by atoms with E-state index in [2.05, 4.69) is 5.32 Å². The number of nitrogens with two attached hydrogens (primary N) is 1. The summed E-state index contributed by atoms with van der Waals surface area (Å²) in [6.45, 7) is 7.68. The number of carbonyl (C=O) groups is 1. The average Bonchev–Trinajstić information content (AvgIpc) is 2.20. The van der Waals surface area contributed by atoms with Crippen LogP contribution in [-0.4, -0.2) is 18.1 Å². The summed E-state index contributed by atoms with van der Waals surface area (Å²) in [5.41, 5.74) is 7.79. The number of carbonyl (C=O) groups excluding carboxylic acids is 1. The number of aryl methyl sites for hydroxylation is 1. The van der Waals surface area contributed by atoms with E-state index in [4.69, 9.17) is 10.5 Å². The number of ether oxygens (including phenoxy) is 1. The minimum atomic E-state index is -0.316. The molecule has 0 aliphatic rings. The van der Waals surface area contributed by atoms with Crippen molar-refractivity contribution < 1.29 is 9.53 Å². The second kappa shape index (κ2) is 5.19. The number of hydrogen-bond acceptors (Lipinski definition) is 3. The maximum atomic E-state index is 11.6. The minimum Gasteiger partial charge on any atom is -0.398 e. The molecule has 1 rings (SSSR count). The van der Waals surface area contributed by atoms with E-state index in [9.17, 15) is 4.79 Å². The monoisotopic (exact) mass is 236 g/mol. The lowest BCUT2D eigenvalue weighted by atomic mass is 10.2. The van der Waals surface area contributed by atoms with Crippen LogP contribution in [0.3, 0.4) is 0 Å². The third-order valence-electron chi connectivity index (χ3n) is 2.20. The summed E-state index contributed by atoms with van der Waals surface area (Å²) in [5, 5.41) is 2.74.